The van der Waals surface area contributed by atoms with Gasteiger partial charge in [-0.1, -0.05) is 3.82 Å². The van der Waals surface area contributed by atoms with Gasteiger partial charge in [-0.05, 0) is 0 Å². The molecule has 6 heavy (non-hydrogen) atoms. The molecule has 0 spiro atoms. The van der Waals surface area contributed by atoms with Crippen LogP contribution in [0.15, 0.2) is 4.40 Å². The summed E-state index contributed by atoms with van der Waals surface area (Å²) < 4.78 is 4.88. The van der Waals surface area contributed by atoms with Crippen LogP contribution in [0, 0.1) is 0 Å². The molecule has 0 saturated carbocycles. The SMILES string of the molecule is [NH]N1SC=NS1. The predicted octanol–water partition coefficient (Wildman–Crippen LogP) is 0.740. The zero-order valence-corrected chi connectivity index (χ0v) is 4.42. The third kappa shape index (κ3) is 0.874. The van der Waals surface area contributed by atoms with E-state index in [1.807, 2.05) is 0 Å². The van der Waals surface area contributed by atoms with Crippen LogP contribution in [-0.4, -0.2) is 9.37 Å². The Morgan fingerprint density at radius 2 is 2.67 bits per heavy atom. The minimum atomic E-state index is 1.13. The lowest BCUT2D eigenvalue weighted by atomic mass is 11.7. The molecule has 0 aliphatic carbocycles. The highest BCUT2D eigenvalue weighted by molar-refractivity contribution is 8.22. The molecule has 1 N–H and O–H groups in total. The number of rotatable bonds is 0. The van der Waals surface area contributed by atoms with Gasteiger partial charge < -0.3 is 0 Å². The second-order valence-electron chi connectivity index (χ2n) is 0.655. The van der Waals surface area contributed by atoms with E-state index in [-0.39, 0.29) is 0 Å². The predicted molar refractivity (Wildman–Crippen MR) is 28.6 cm³/mol. The Bertz CT molecular complexity index is 63.2. The minimum absolute atomic E-state index is 1.13. The van der Waals surface area contributed by atoms with E-state index >= 15 is 0 Å². The molecule has 0 fully saturated rings. The van der Waals surface area contributed by atoms with Gasteiger partial charge in [-0.15, -0.1) is 0 Å². The number of hydrogen-bond donors (Lipinski definition) is 0. The van der Waals surface area contributed by atoms with E-state index in [1.165, 1.54) is 15.8 Å². The summed E-state index contributed by atoms with van der Waals surface area (Å²) in [6, 6.07) is 0. The topological polar surface area (TPSA) is 39.4 Å². The van der Waals surface area contributed by atoms with Crippen molar-refractivity contribution in [1.29, 1.82) is 0 Å². The summed E-state index contributed by atoms with van der Waals surface area (Å²) in [4.78, 5) is 0. The lowest BCUT2D eigenvalue weighted by molar-refractivity contribution is 0.787. The molecule has 0 amide bonds. The van der Waals surface area contributed by atoms with Crippen LogP contribution >= 0.6 is 24.1 Å². The number of nitrogens with one attached hydrogen (secondary N) is 1. The summed E-state index contributed by atoms with van der Waals surface area (Å²) >= 11 is 2.40. The lowest BCUT2D eigenvalue weighted by Gasteiger charge is -1.92. The third-order valence-electron chi connectivity index (χ3n) is 0.307. The van der Waals surface area contributed by atoms with E-state index in [0.717, 1.165) is 12.1 Å². The molecule has 3 nitrogen and oxygen atoms in total. The van der Waals surface area contributed by atoms with E-state index < -0.39 is 0 Å². The normalized spacial score (nSPS) is 22.8. The second-order valence-corrected chi connectivity index (χ2v) is 2.41. The van der Waals surface area contributed by atoms with Gasteiger partial charge in [0.15, 0.2) is 0 Å². The van der Waals surface area contributed by atoms with Crippen molar-refractivity contribution in [2.75, 3.05) is 0 Å². The summed E-state index contributed by atoms with van der Waals surface area (Å²) in [5, 5.41) is 0. The summed E-state index contributed by atoms with van der Waals surface area (Å²) in [5.74, 6) is 6.77. The first-order chi connectivity index (χ1) is 2.89. The second kappa shape index (κ2) is 1.83. The largest absolute Gasteiger partial charge is 0.198 e. The van der Waals surface area contributed by atoms with E-state index in [1.54, 1.807) is 5.55 Å². The molecule has 0 saturated heterocycles. The maximum atomic E-state index is 6.77. The summed E-state index contributed by atoms with van der Waals surface area (Å²) in [6.45, 7) is 0. The Hall–Kier alpha value is 0.290. The molecular weight excluding hydrogens is 118 g/mol. The van der Waals surface area contributed by atoms with Crippen molar-refractivity contribution in [2.45, 2.75) is 0 Å². The quantitative estimate of drug-likeness (QED) is 0.442. The van der Waals surface area contributed by atoms with Gasteiger partial charge in [-0.3, -0.25) is 0 Å². The van der Waals surface area contributed by atoms with Crippen molar-refractivity contribution in [3.63, 3.8) is 0 Å². The first kappa shape index (κ1) is 4.45. The molecule has 0 atom stereocenters. The van der Waals surface area contributed by atoms with Crippen LogP contribution in [0.25, 0.3) is 0 Å². The van der Waals surface area contributed by atoms with Gasteiger partial charge in [0.1, 0.15) is 0 Å². The molecule has 0 unspecified atom stereocenters. The average Bonchev–Trinajstić information content (AvgIpc) is 1.86. The van der Waals surface area contributed by atoms with Crippen LogP contribution in [0.1, 0.15) is 0 Å². The Morgan fingerprint density at radius 1 is 1.83 bits per heavy atom. The summed E-state index contributed by atoms with van der Waals surface area (Å²) in [7, 11) is 0. The zero-order valence-electron chi connectivity index (χ0n) is 2.79. The van der Waals surface area contributed by atoms with Crippen molar-refractivity contribution in [2.24, 2.45) is 4.40 Å². The molecule has 1 radical (unpaired) electrons. The maximum absolute atomic E-state index is 6.77. The first-order valence-electron chi connectivity index (χ1n) is 1.27. The van der Waals surface area contributed by atoms with Crippen LogP contribution < -0.4 is 5.84 Å². The van der Waals surface area contributed by atoms with Crippen LogP contribution in [0.2, 0.25) is 0 Å². The highest BCUT2D eigenvalue weighted by atomic mass is 32.2. The van der Waals surface area contributed by atoms with E-state index in [9.17, 15) is 0 Å². The first-order valence-corrected chi connectivity index (χ1v) is 2.83. The van der Waals surface area contributed by atoms with Crippen molar-refractivity contribution in [1.82, 2.24) is 9.66 Å². The molecule has 0 bridgehead atoms. The molecular formula is CH2N3S2. The summed E-state index contributed by atoms with van der Waals surface area (Å²) in [5.41, 5.74) is 1.62. The Labute approximate surface area is 44.4 Å². The standard InChI is InChI=1S/CH2N3S2/c2-4-5-1-3-6-4/h1-2H. The maximum Gasteiger partial charge on any atom is 0.0906 e. The van der Waals surface area contributed by atoms with Crippen molar-refractivity contribution < 1.29 is 0 Å². The summed E-state index contributed by atoms with van der Waals surface area (Å²) in [6.07, 6.45) is 0. The van der Waals surface area contributed by atoms with Crippen LogP contribution in [0.5, 0.6) is 0 Å². The van der Waals surface area contributed by atoms with E-state index in [2.05, 4.69) is 4.40 Å². The van der Waals surface area contributed by atoms with E-state index in [0.29, 0.717) is 0 Å². The van der Waals surface area contributed by atoms with E-state index in [4.69, 9.17) is 5.84 Å². The number of hydrogen-bond acceptors (Lipinski definition) is 4. The molecule has 33 valence electrons. The lowest BCUT2D eigenvalue weighted by Crippen LogP contribution is -1.93. The van der Waals surface area contributed by atoms with Gasteiger partial charge in [0.25, 0.3) is 0 Å². The monoisotopic (exact) mass is 120 g/mol. The molecule has 1 heterocycles. The van der Waals surface area contributed by atoms with Crippen molar-refractivity contribution >= 4 is 29.6 Å². The average molecular weight is 120 g/mol. The van der Waals surface area contributed by atoms with Crippen molar-refractivity contribution in [3.8, 4) is 0 Å². The van der Waals surface area contributed by atoms with Crippen molar-refractivity contribution in [3.05, 3.63) is 0 Å². The fraction of sp³-hybridized carbons (Fsp3) is 0. The Balaban J connectivity index is 2.32. The van der Waals surface area contributed by atoms with Gasteiger partial charge in [-0.2, -0.15) is 10.2 Å². The molecule has 0 aromatic rings. The Kier molecular flexibility index (Phi) is 1.36. The smallest absolute Gasteiger partial charge is 0.0906 e. The molecule has 5 heteroatoms. The molecule has 1 rings (SSSR count). The fourth-order valence-corrected chi connectivity index (χ4v) is 1.01. The fourth-order valence-electron chi connectivity index (χ4n) is 0.143. The highest BCUT2D eigenvalue weighted by Gasteiger charge is 2.01. The molecule has 0 aromatic heterocycles. The van der Waals surface area contributed by atoms with Gasteiger partial charge in [-0.25, -0.2) is 0 Å². The van der Waals surface area contributed by atoms with Gasteiger partial charge in [0.2, 0.25) is 0 Å². The Morgan fingerprint density at radius 3 is 2.83 bits per heavy atom. The highest BCUT2D eigenvalue weighted by Crippen LogP contribution is 2.22. The minimum Gasteiger partial charge on any atom is -0.198 e. The third-order valence-corrected chi connectivity index (χ3v) is 1.64. The van der Waals surface area contributed by atoms with Gasteiger partial charge in [0.05, 0.1) is 17.7 Å². The van der Waals surface area contributed by atoms with Crippen LogP contribution in [-0.2, 0) is 0 Å². The molecule has 1 aliphatic heterocycles. The number of nitrogens with zero attached hydrogens (tertiary/aromatic N) is 2. The zero-order chi connectivity index (χ0) is 4.41. The molecule has 0 aromatic carbocycles. The van der Waals surface area contributed by atoms with Gasteiger partial charge >= 0.3 is 0 Å². The van der Waals surface area contributed by atoms with Gasteiger partial charge in [0, 0.05) is 11.9 Å². The van der Waals surface area contributed by atoms with Crippen LogP contribution in [0.3, 0.4) is 0 Å². The van der Waals surface area contributed by atoms with Crippen LogP contribution in [0.4, 0.5) is 0 Å². The molecule has 1 aliphatic rings.